The average molecular weight is 361 g/mol. The minimum Gasteiger partial charge on any atom is -0.467 e. The van der Waals surface area contributed by atoms with Gasteiger partial charge >= 0.3 is 0 Å². The van der Waals surface area contributed by atoms with E-state index in [1.807, 2.05) is 48.5 Å². The number of hydrogen-bond acceptors (Lipinski definition) is 4. The molecule has 0 saturated carbocycles. The van der Waals surface area contributed by atoms with Gasteiger partial charge in [0, 0.05) is 18.5 Å². The minimum atomic E-state index is -0.405. The Morgan fingerprint density at radius 2 is 2.04 bits per heavy atom. The van der Waals surface area contributed by atoms with E-state index in [2.05, 4.69) is 10.5 Å². The molecule has 1 saturated heterocycles. The SMILES string of the molecule is O=C(N/N=C/c1cccc2ccccc12)C1CC(=O)N(Cc2ccco2)C1. The number of hydrogen-bond donors (Lipinski definition) is 1. The van der Waals surface area contributed by atoms with Gasteiger partial charge in [0.15, 0.2) is 0 Å². The molecule has 0 aliphatic carbocycles. The Morgan fingerprint density at radius 3 is 2.89 bits per heavy atom. The molecule has 1 N–H and O–H groups in total. The van der Waals surface area contributed by atoms with E-state index in [9.17, 15) is 9.59 Å². The Balaban J connectivity index is 1.38. The monoisotopic (exact) mass is 361 g/mol. The number of likely N-dealkylation sites (tertiary alicyclic amines) is 1. The number of rotatable bonds is 5. The van der Waals surface area contributed by atoms with Crippen molar-refractivity contribution < 1.29 is 14.0 Å². The lowest BCUT2D eigenvalue weighted by atomic mass is 10.1. The topological polar surface area (TPSA) is 74.9 Å². The zero-order chi connectivity index (χ0) is 18.6. The highest BCUT2D eigenvalue weighted by Gasteiger charge is 2.34. The number of nitrogens with zero attached hydrogens (tertiary/aromatic N) is 2. The molecule has 6 heteroatoms. The number of carbonyl (C=O) groups is 2. The van der Waals surface area contributed by atoms with E-state index in [1.165, 1.54) is 0 Å². The molecule has 1 aliphatic heterocycles. The summed E-state index contributed by atoms with van der Waals surface area (Å²) >= 11 is 0. The minimum absolute atomic E-state index is 0.0513. The van der Waals surface area contributed by atoms with E-state index in [0.29, 0.717) is 18.8 Å². The fourth-order valence-electron chi connectivity index (χ4n) is 3.31. The van der Waals surface area contributed by atoms with E-state index >= 15 is 0 Å². The van der Waals surface area contributed by atoms with Gasteiger partial charge in [-0.2, -0.15) is 5.10 Å². The fourth-order valence-corrected chi connectivity index (χ4v) is 3.31. The van der Waals surface area contributed by atoms with Crippen LogP contribution in [0.4, 0.5) is 0 Å². The number of amides is 2. The summed E-state index contributed by atoms with van der Waals surface area (Å²) < 4.78 is 5.27. The van der Waals surface area contributed by atoms with Gasteiger partial charge in [-0.1, -0.05) is 42.5 Å². The number of nitrogens with one attached hydrogen (secondary N) is 1. The van der Waals surface area contributed by atoms with Crippen LogP contribution in [0.2, 0.25) is 0 Å². The summed E-state index contributed by atoms with van der Waals surface area (Å²) in [5, 5.41) is 6.27. The Hall–Kier alpha value is -3.41. The van der Waals surface area contributed by atoms with E-state index in [-0.39, 0.29) is 18.2 Å². The molecule has 1 aromatic heterocycles. The number of hydrazone groups is 1. The van der Waals surface area contributed by atoms with Gasteiger partial charge in [0.2, 0.25) is 11.8 Å². The Kier molecular flexibility index (Phi) is 4.70. The normalized spacial score (nSPS) is 17.1. The third-order valence-electron chi connectivity index (χ3n) is 4.71. The first kappa shape index (κ1) is 17.0. The van der Waals surface area contributed by atoms with Crippen LogP contribution >= 0.6 is 0 Å². The second-order valence-corrected chi connectivity index (χ2v) is 6.56. The van der Waals surface area contributed by atoms with Crippen molar-refractivity contribution in [2.75, 3.05) is 6.54 Å². The van der Waals surface area contributed by atoms with E-state index < -0.39 is 5.92 Å². The molecule has 2 amide bonds. The summed E-state index contributed by atoms with van der Waals surface area (Å²) in [6, 6.07) is 17.5. The smallest absolute Gasteiger partial charge is 0.245 e. The third-order valence-corrected chi connectivity index (χ3v) is 4.71. The molecule has 6 nitrogen and oxygen atoms in total. The Morgan fingerprint density at radius 1 is 1.19 bits per heavy atom. The van der Waals surface area contributed by atoms with Crippen molar-refractivity contribution in [3.63, 3.8) is 0 Å². The van der Waals surface area contributed by atoms with Crippen molar-refractivity contribution in [2.24, 2.45) is 11.0 Å². The van der Waals surface area contributed by atoms with Gasteiger partial charge in [0.05, 0.1) is 24.9 Å². The summed E-state index contributed by atoms with van der Waals surface area (Å²) in [5.74, 6) is 0.00174. The molecule has 3 aromatic rings. The van der Waals surface area contributed by atoms with Crippen molar-refractivity contribution in [3.05, 3.63) is 72.2 Å². The molecule has 1 unspecified atom stereocenters. The summed E-state index contributed by atoms with van der Waals surface area (Å²) in [6.07, 6.45) is 3.40. The molecule has 1 atom stereocenters. The van der Waals surface area contributed by atoms with Crippen LogP contribution in [-0.2, 0) is 16.1 Å². The van der Waals surface area contributed by atoms with Crippen LogP contribution in [0.3, 0.4) is 0 Å². The van der Waals surface area contributed by atoms with Crippen LogP contribution in [0.5, 0.6) is 0 Å². The second kappa shape index (κ2) is 7.45. The summed E-state index contributed by atoms with van der Waals surface area (Å²) in [7, 11) is 0. The number of benzene rings is 2. The van der Waals surface area contributed by atoms with Crippen molar-refractivity contribution in [1.82, 2.24) is 10.3 Å². The lowest BCUT2D eigenvalue weighted by Crippen LogP contribution is -2.30. The van der Waals surface area contributed by atoms with Gasteiger partial charge in [-0.05, 0) is 22.9 Å². The van der Waals surface area contributed by atoms with E-state index in [1.54, 1.807) is 23.4 Å². The molecular weight excluding hydrogens is 342 g/mol. The molecule has 1 aliphatic rings. The highest BCUT2D eigenvalue weighted by molar-refractivity contribution is 6.00. The summed E-state index contributed by atoms with van der Waals surface area (Å²) in [6.45, 7) is 0.754. The van der Waals surface area contributed by atoms with E-state index in [4.69, 9.17) is 4.42 Å². The van der Waals surface area contributed by atoms with Crippen molar-refractivity contribution in [2.45, 2.75) is 13.0 Å². The maximum absolute atomic E-state index is 12.4. The van der Waals surface area contributed by atoms with Crippen molar-refractivity contribution in [1.29, 1.82) is 0 Å². The van der Waals surface area contributed by atoms with Gasteiger partial charge < -0.3 is 9.32 Å². The highest BCUT2D eigenvalue weighted by Crippen LogP contribution is 2.21. The maximum Gasteiger partial charge on any atom is 0.245 e. The molecular formula is C21H19N3O3. The number of furan rings is 1. The first-order chi connectivity index (χ1) is 13.2. The first-order valence-electron chi connectivity index (χ1n) is 8.81. The van der Waals surface area contributed by atoms with Gasteiger partial charge in [-0.15, -0.1) is 0 Å². The van der Waals surface area contributed by atoms with Crippen LogP contribution in [0.25, 0.3) is 10.8 Å². The molecule has 2 heterocycles. The molecule has 27 heavy (non-hydrogen) atoms. The number of carbonyl (C=O) groups excluding carboxylic acids is 2. The van der Waals surface area contributed by atoms with Gasteiger partial charge in [-0.25, -0.2) is 5.43 Å². The zero-order valence-corrected chi connectivity index (χ0v) is 14.7. The van der Waals surface area contributed by atoms with Crippen LogP contribution in [-0.4, -0.2) is 29.5 Å². The molecule has 0 spiro atoms. The van der Waals surface area contributed by atoms with Crippen molar-refractivity contribution >= 4 is 28.8 Å². The average Bonchev–Trinajstić information content (AvgIpc) is 3.32. The molecule has 0 radical (unpaired) electrons. The predicted octanol–water partition coefficient (Wildman–Crippen LogP) is 2.93. The van der Waals surface area contributed by atoms with E-state index in [0.717, 1.165) is 16.3 Å². The van der Waals surface area contributed by atoms with Crippen LogP contribution < -0.4 is 5.43 Å². The summed E-state index contributed by atoms with van der Waals surface area (Å²) in [4.78, 5) is 26.1. The van der Waals surface area contributed by atoms with Crippen LogP contribution in [0.15, 0.2) is 70.4 Å². The van der Waals surface area contributed by atoms with Crippen molar-refractivity contribution in [3.8, 4) is 0 Å². The second-order valence-electron chi connectivity index (χ2n) is 6.56. The van der Waals surface area contributed by atoms with Crippen LogP contribution in [0, 0.1) is 5.92 Å². The molecule has 0 bridgehead atoms. The highest BCUT2D eigenvalue weighted by atomic mass is 16.3. The van der Waals surface area contributed by atoms with Gasteiger partial charge in [-0.3, -0.25) is 9.59 Å². The molecule has 136 valence electrons. The molecule has 2 aromatic carbocycles. The predicted molar refractivity (Wildman–Crippen MR) is 102 cm³/mol. The lowest BCUT2D eigenvalue weighted by molar-refractivity contribution is -0.129. The first-order valence-corrected chi connectivity index (χ1v) is 8.81. The Labute approximate surface area is 156 Å². The molecule has 1 fully saturated rings. The van der Waals surface area contributed by atoms with Crippen LogP contribution in [0.1, 0.15) is 17.7 Å². The quantitative estimate of drug-likeness (QED) is 0.561. The zero-order valence-electron chi connectivity index (χ0n) is 14.7. The fraction of sp³-hybridized carbons (Fsp3) is 0.190. The number of fused-ring (bicyclic) bond motifs is 1. The van der Waals surface area contributed by atoms with Gasteiger partial charge in [0.25, 0.3) is 0 Å². The van der Waals surface area contributed by atoms with Gasteiger partial charge in [0.1, 0.15) is 5.76 Å². The third kappa shape index (κ3) is 3.74. The molecule has 4 rings (SSSR count). The largest absolute Gasteiger partial charge is 0.467 e. The lowest BCUT2D eigenvalue weighted by Gasteiger charge is -2.14. The maximum atomic E-state index is 12.4. The standard InChI is InChI=1S/C21H19N3O3/c25-20-11-17(13-24(20)14-18-8-4-10-27-18)21(26)23-22-12-16-7-3-6-15-5-1-2-9-19(15)16/h1-10,12,17H,11,13-14H2,(H,23,26)/b22-12+. The summed E-state index contributed by atoms with van der Waals surface area (Å²) in [5.41, 5.74) is 3.49. The Bertz CT molecular complexity index is 990.